The van der Waals surface area contributed by atoms with Gasteiger partial charge in [0.05, 0.1) is 0 Å². The van der Waals surface area contributed by atoms with Crippen LogP contribution in [0.5, 0.6) is 0 Å². The molecule has 0 unspecified atom stereocenters. The summed E-state index contributed by atoms with van der Waals surface area (Å²) in [6, 6.07) is 10.9. The Morgan fingerprint density at radius 2 is 1.71 bits per heavy atom. The third kappa shape index (κ3) is 4.36. The highest BCUT2D eigenvalue weighted by molar-refractivity contribution is 6.31. The monoisotopic (exact) mass is 344 g/mol. The van der Waals surface area contributed by atoms with Crippen LogP contribution in [0.4, 0.5) is 11.4 Å². The predicted octanol–water partition coefficient (Wildman–Crippen LogP) is 4.26. The van der Waals surface area contributed by atoms with Crippen LogP contribution in [0.2, 0.25) is 5.02 Å². The Hall–Kier alpha value is -2.33. The summed E-state index contributed by atoms with van der Waals surface area (Å²) >= 11 is 5.98. The Bertz CT molecular complexity index is 764. The Kier molecular flexibility index (Phi) is 5.62. The van der Waals surface area contributed by atoms with Gasteiger partial charge in [0, 0.05) is 23.3 Å². The second-order valence-corrected chi connectivity index (χ2v) is 6.34. The molecular weight excluding hydrogens is 324 g/mol. The zero-order valence-electron chi connectivity index (χ0n) is 14.3. The highest BCUT2D eigenvalue weighted by atomic mass is 35.5. The smallest absolute Gasteiger partial charge is 0.244 e. The molecule has 0 aliphatic heterocycles. The SMILES string of the molecule is CC(=O)N(CC(=O)Nc1c(C)cc(C)cc1C)c1cccc(Cl)c1. The molecule has 0 radical (unpaired) electrons. The molecule has 4 nitrogen and oxygen atoms in total. The lowest BCUT2D eigenvalue weighted by Crippen LogP contribution is -2.36. The molecule has 2 aromatic carbocycles. The van der Waals surface area contributed by atoms with Crippen molar-refractivity contribution in [2.45, 2.75) is 27.7 Å². The summed E-state index contributed by atoms with van der Waals surface area (Å²) in [6.45, 7) is 7.28. The number of halogens is 1. The minimum atomic E-state index is -0.250. The molecule has 0 aliphatic carbocycles. The van der Waals surface area contributed by atoms with Crippen molar-refractivity contribution in [1.29, 1.82) is 0 Å². The Morgan fingerprint density at radius 3 is 2.25 bits per heavy atom. The normalized spacial score (nSPS) is 10.4. The van der Waals surface area contributed by atoms with Crippen LogP contribution in [0.3, 0.4) is 0 Å². The number of amides is 2. The Labute approximate surface area is 147 Å². The number of aryl methyl sites for hydroxylation is 3. The maximum absolute atomic E-state index is 12.4. The Balaban J connectivity index is 2.19. The van der Waals surface area contributed by atoms with Crippen LogP contribution in [0.15, 0.2) is 36.4 Å². The minimum absolute atomic E-state index is 0.0670. The maximum Gasteiger partial charge on any atom is 0.244 e. The summed E-state index contributed by atoms with van der Waals surface area (Å²) < 4.78 is 0. The maximum atomic E-state index is 12.4. The molecule has 1 N–H and O–H groups in total. The fourth-order valence-corrected chi connectivity index (χ4v) is 2.91. The molecule has 0 spiro atoms. The molecule has 0 bridgehead atoms. The molecule has 24 heavy (non-hydrogen) atoms. The number of rotatable bonds is 4. The number of carbonyl (C=O) groups excluding carboxylic acids is 2. The Morgan fingerprint density at radius 1 is 1.08 bits per heavy atom. The van der Waals surface area contributed by atoms with E-state index in [4.69, 9.17) is 11.6 Å². The van der Waals surface area contributed by atoms with E-state index in [1.54, 1.807) is 24.3 Å². The number of benzene rings is 2. The van der Waals surface area contributed by atoms with Crippen molar-refractivity contribution in [2.75, 3.05) is 16.8 Å². The van der Waals surface area contributed by atoms with Crippen molar-refractivity contribution in [1.82, 2.24) is 0 Å². The van der Waals surface area contributed by atoms with Gasteiger partial charge in [-0.05, 0) is 50.1 Å². The first-order chi connectivity index (χ1) is 11.3. The molecule has 0 saturated heterocycles. The summed E-state index contributed by atoms with van der Waals surface area (Å²) in [5.41, 5.74) is 4.53. The first-order valence-corrected chi connectivity index (χ1v) is 8.07. The number of nitrogens with one attached hydrogen (secondary N) is 1. The first-order valence-electron chi connectivity index (χ1n) is 7.69. The second kappa shape index (κ2) is 7.49. The molecule has 5 heteroatoms. The molecule has 0 atom stereocenters. The largest absolute Gasteiger partial charge is 0.324 e. The van der Waals surface area contributed by atoms with Gasteiger partial charge in [-0.15, -0.1) is 0 Å². The average molecular weight is 345 g/mol. The lowest BCUT2D eigenvalue weighted by Gasteiger charge is -2.21. The molecule has 126 valence electrons. The van der Waals surface area contributed by atoms with E-state index in [2.05, 4.69) is 5.32 Å². The van der Waals surface area contributed by atoms with Crippen LogP contribution in [0.25, 0.3) is 0 Å². The summed E-state index contributed by atoms with van der Waals surface area (Å²) in [4.78, 5) is 25.8. The molecule has 2 rings (SSSR count). The van der Waals surface area contributed by atoms with E-state index in [1.165, 1.54) is 11.8 Å². The molecule has 0 fully saturated rings. The van der Waals surface area contributed by atoms with Gasteiger partial charge in [-0.25, -0.2) is 0 Å². The zero-order valence-corrected chi connectivity index (χ0v) is 15.1. The molecule has 0 heterocycles. The van der Waals surface area contributed by atoms with Crippen molar-refractivity contribution < 1.29 is 9.59 Å². The lowest BCUT2D eigenvalue weighted by atomic mass is 10.1. The summed E-state index contributed by atoms with van der Waals surface area (Å²) in [6.07, 6.45) is 0. The van der Waals surface area contributed by atoms with Gasteiger partial charge in [-0.1, -0.05) is 35.4 Å². The second-order valence-electron chi connectivity index (χ2n) is 5.91. The minimum Gasteiger partial charge on any atom is -0.324 e. The number of nitrogens with zero attached hydrogens (tertiary/aromatic N) is 1. The number of anilines is 2. The molecule has 2 aromatic rings. The highest BCUT2D eigenvalue weighted by Gasteiger charge is 2.17. The van der Waals surface area contributed by atoms with Crippen molar-refractivity contribution in [3.63, 3.8) is 0 Å². The fraction of sp³-hybridized carbons (Fsp3) is 0.263. The molecule has 0 saturated carbocycles. The van der Waals surface area contributed by atoms with E-state index in [-0.39, 0.29) is 18.4 Å². The average Bonchev–Trinajstić information content (AvgIpc) is 2.48. The van der Waals surface area contributed by atoms with Crippen LogP contribution in [0.1, 0.15) is 23.6 Å². The number of hydrogen-bond donors (Lipinski definition) is 1. The fourth-order valence-electron chi connectivity index (χ4n) is 2.73. The van der Waals surface area contributed by atoms with Gasteiger partial charge in [0.1, 0.15) is 6.54 Å². The van der Waals surface area contributed by atoms with Gasteiger partial charge in [-0.3, -0.25) is 9.59 Å². The zero-order chi connectivity index (χ0) is 17.9. The van der Waals surface area contributed by atoms with Crippen molar-refractivity contribution >= 4 is 34.8 Å². The van der Waals surface area contributed by atoms with Crippen LogP contribution in [-0.4, -0.2) is 18.4 Å². The summed E-state index contributed by atoms with van der Waals surface area (Å²) in [5, 5.41) is 3.43. The van der Waals surface area contributed by atoms with Crippen LogP contribution >= 0.6 is 11.6 Å². The summed E-state index contributed by atoms with van der Waals surface area (Å²) in [7, 11) is 0. The molecule has 2 amide bonds. The van der Waals surface area contributed by atoms with E-state index in [9.17, 15) is 9.59 Å². The van der Waals surface area contributed by atoms with Gasteiger partial charge in [0.15, 0.2) is 0 Å². The van der Waals surface area contributed by atoms with E-state index in [0.29, 0.717) is 10.7 Å². The highest BCUT2D eigenvalue weighted by Crippen LogP contribution is 2.23. The van der Waals surface area contributed by atoms with E-state index < -0.39 is 0 Å². The van der Waals surface area contributed by atoms with Gasteiger partial charge >= 0.3 is 0 Å². The van der Waals surface area contributed by atoms with E-state index in [1.807, 2.05) is 32.9 Å². The van der Waals surface area contributed by atoms with Crippen molar-refractivity contribution in [3.8, 4) is 0 Å². The van der Waals surface area contributed by atoms with Gasteiger partial charge in [0.2, 0.25) is 11.8 Å². The van der Waals surface area contributed by atoms with E-state index >= 15 is 0 Å². The van der Waals surface area contributed by atoms with Crippen LogP contribution < -0.4 is 10.2 Å². The molecule has 0 aliphatic rings. The van der Waals surface area contributed by atoms with Crippen molar-refractivity contribution in [2.24, 2.45) is 0 Å². The quantitative estimate of drug-likeness (QED) is 0.901. The summed E-state index contributed by atoms with van der Waals surface area (Å²) in [5.74, 6) is -0.468. The van der Waals surface area contributed by atoms with E-state index in [0.717, 1.165) is 22.4 Å². The van der Waals surface area contributed by atoms with Gasteiger partial charge < -0.3 is 10.2 Å². The number of hydrogen-bond acceptors (Lipinski definition) is 2. The lowest BCUT2D eigenvalue weighted by molar-refractivity contribution is -0.120. The van der Waals surface area contributed by atoms with Crippen LogP contribution in [-0.2, 0) is 9.59 Å². The number of carbonyl (C=O) groups is 2. The van der Waals surface area contributed by atoms with Crippen molar-refractivity contribution in [3.05, 3.63) is 58.1 Å². The third-order valence-corrected chi connectivity index (χ3v) is 3.98. The van der Waals surface area contributed by atoms with Gasteiger partial charge in [-0.2, -0.15) is 0 Å². The van der Waals surface area contributed by atoms with Crippen LogP contribution in [0, 0.1) is 20.8 Å². The topological polar surface area (TPSA) is 49.4 Å². The third-order valence-electron chi connectivity index (χ3n) is 3.74. The molecule has 0 aromatic heterocycles. The van der Waals surface area contributed by atoms with Gasteiger partial charge in [0.25, 0.3) is 0 Å². The first kappa shape index (κ1) is 18.0. The standard InChI is InChI=1S/C19H21ClN2O2/c1-12-8-13(2)19(14(3)9-12)21-18(24)11-22(15(4)23)17-7-5-6-16(20)10-17/h5-10H,11H2,1-4H3,(H,21,24). The predicted molar refractivity (Wildman–Crippen MR) is 98.8 cm³/mol. The molecular formula is C19H21ClN2O2.